The minimum atomic E-state index is -3.26. The van der Waals surface area contributed by atoms with Crippen LogP contribution in [-0.4, -0.2) is 53.8 Å². The van der Waals surface area contributed by atoms with Crippen molar-refractivity contribution >= 4 is 15.9 Å². The predicted molar refractivity (Wildman–Crippen MR) is 104 cm³/mol. The smallest absolute Gasteiger partial charge is 0.224 e. The van der Waals surface area contributed by atoms with Crippen molar-refractivity contribution in [2.45, 2.75) is 39.2 Å². The Balaban J connectivity index is 1.70. The molecule has 7 nitrogen and oxygen atoms in total. The van der Waals surface area contributed by atoms with Crippen molar-refractivity contribution in [1.82, 2.24) is 19.4 Å². The molecule has 1 atom stereocenters. The number of hydrogen-bond acceptors (Lipinski definition) is 4. The van der Waals surface area contributed by atoms with E-state index in [0.29, 0.717) is 13.1 Å². The van der Waals surface area contributed by atoms with Crippen LogP contribution in [-0.2, 0) is 21.2 Å². The minimum Gasteiger partial charge on any atom is -0.352 e. The van der Waals surface area contributed by atoms with E-state index < -0.39 is 10.0 Å². The number of halogens is 1. The molecule has 0 saturated carbocycles. The van der Waals surface area contributed by atoms with Gasteiger partial charge >= 0.3 is 0 Å². The Labute approximate surface area is 164 Å². The monoisotopic (exact) mass is 408 g/mol. The molecule has 1 N–H and O–H groups in total. The van der Waals surface area contributed by atoms with Crippen molar-refractivity contribution in [3.05, 3.63) is 47.0 Å². The lowest BCUT2D eigenvalue weighted by molar-refractivity contribution is -0.121. The average Bonchev–Trinajstić information content (AvgIpc) is 2.90. The molecule has 1 aliphatic rings. The molecular formula is C19H25FN4O3S. The van der Waals surface area contributed by atoms with Crippen molar-refractivity contribution in [3.8, 4) is 5.69 Å². The summed E-state index contributed by atoms with van der Waals surface area (Å²) < 4.78 is 39.7. The molecule has 9 heteroatoms. The number of sulfonamides is 1. The van der Waals surface area contributed by atoms with Gasteiger partial charge in [-0.3, -0.25) is 4.79 Å². The first kappa shape index (κ1) is 20.5. The van der Waals surface area contributed by atoms with Gasteiger partial charge in [-0.25, -0.2) is 21.8 Å². The fraction of sp³-hybridized carbons (Fsp3) is 0.474. The number of aromatic nitrogens is 2. The molecule has 1 unspecified atom stereocenters. The third kappa shape index (κ3) is 4.59. The number of amides is 1. The second kappa shape index (κ2) is 8.00. The maximum atomic E-state index is 13.2. The Morgan fingerprint density at radius 3 is 2.61 bits per heavy atom. The van der Waals surface area contributed by atoms with E-state index in [9.17, 15) is 17.6 Å². The van der Waals surface area contributed by atoms with Crippen molar-refractivity contribution in [2.24, 2.45) is 0 Å². The molecule has 1 aromatic heterocycles. The summed E-state index contributed by atoms with van der Waals surface area (Å²) in [5, 5.41) is 7.43. The highest BCUT2D eigenvalue weighted by molar-refractivity contribution is 7.88. The number of aryl methyl sites for hydroxylation is 1. The van der Waals surface area contributed by atoms with Gasteiger partial charge in [0.25, 0.3) is 0 Å². The van der Waals surface area contributed by atoms with E-state index >= 15 is 0 Å². The summed E-state index contributed by atoms with van der Waals surface area (Å²) in [5.41, 5.74) is 3.10. The quantitative estimate of drug-likeness (QED) is 0.816. The number of carbonyl (C=O) groups is 1. The highest BCUT2D eigenvalue weighted by atomic mass is 32.2. The molecule has 0 bridgehead atoms. The van der Waals surface area contributed by atoms with Gasteiger partial charge in [0.15, 0.2) is 0 Å². The van der Waals surface area contributed by atoms with E-state index in [0.717, 1.165) is 35.5 Å². The van der Waals surface area contributed by atoms with E-state index in [1.165, 1.54) is 22.7 Å². The van der Waals surface area contributed by atoms with Gasteiger partial charge in [0.2, 0.25) is 15.9 Å². The van der Waals surface area contributed by atoms with Gasteiger partial charge in [0.05, 0.1) is 24.1 Å². The number of carbonyl (C=O) groups excluding carboxylic acids is 1. The van der Waals surface area contributed by atoms with Crippen LogP contribution in [0.25, 0.3) is 5.69 Å². The highest BCUT2D eigenvalue weighted by Gasteiger charge is 2.27. The zero-order valence-electron chi connectivity index (χ0n) is 16.3. The third-order valence-corrected chi connectivity index (χ3v) is 6.34. The van der Waals surface area contributed by atoms with Gasteiger partial charge in [0, 0.05) is 30.4 Å². The molecule has 0 spiro atoms. The number of piperidine rings is 1. The van der Waals surface area contributed by atoms with E-state index in [4.69, 9.17) is 0 Å². The van der Waals surface area contributed by atoms with Crippen molar-refractivity contribution in [1.29, 1.82) is 0 Å². The Hall–Kier alpha value is -2.26. The van der Waals surface area contributed by atoms with Crippen LogP contribution in [0, 0.1) is 19.7 Å². The van der Waals surface area contributed by atoms with Crippen LogP contribution < -0.4 is 5.32 Å². The van der Waals surface area contributed by atoms with Crippen molar-refractivity contribution < 1.29 is 17.6 Å². The van der Waals surface area contributed by atoms with Crippen LogP contribution in [0.3, 0.4) is 0 Å². The molecule has 0 radical (unpaired) electrons. The summed E-state index contributed by atoms with van der Waals surface area (Å²) in [6.07, 6.45) is 2.82. The number of rotatable bonds is 5. The molecule has 1 aliphatic heterocycles. The predicted octanol–water partition coefficient (Wildman–Crippen LogP) is 1.71. The molecule has 2 heterocycles. The molecule has 3 rings (SSSR count). The van der Waals surface area contributed by atoms with Crippen molar-refractivity contribution in [3.63, 3.8) is 0 Å². The molecule has 1 amide bonds. The average molecular weight is 408 g/mol. The summed E-state index contributed by atoms with van der Waals surface area (Å²) in [6.45, 7) is 4.50. The molecular weight excluding hydrogens is 383 g/mol. The lowest BCUT2D eigenvalue weighted by atomic mass is 10.1. The van der Waals surface area contributed by atoms with Gasteiger partial charge in [-0.15, -0.1) is 0 Å². The lowest BCUT2D eigenvalue weighted by Crippen LogP contribution is -2.49. The molecule has 1 fully saturated rings. The van der Waals surface area contributed by atoms with Gasteiger partial charge in [0.1, 0.15) is 5.82 Å². The number of nitrogens with one attached hydrogen (secondary N) is 1. The Kier molecular flexibility index (Phi) is 5.85. The van der Waals surface area contributed by atoms with Crippen LogP contribution in [0.1, 0.15) is 29.8 Å². The molecule has 2 aromatic rings. The van der Waals surface area contributed by atoms with Crippen LogP contribution in [0.5, 0.6) is 0 Å². The zero-order chi connectivity index (χ0) is 20.5. The van der Waals surface area contributed by atoms with E-state index in [1.807, 2.05) is 13.8 Å². The molecule has 152 valence electrons. The molecule has 0 aliphatic carbocycles. The second-order valence-electron chi connectivity index (χ2n) is 7.24. The highest BCUT2D eigenvalue weighted by Crippen LogP contribution is 2.19. The van der Waals surface area contributed by atoms with Gasteiger partial charge in [-0.05, 0) is 51.0 Å². The Bertz CT molecular complexity index is 970. The Morgan fingerprint density at radius 2 is 1.96 bits per heavy atom. The molecule has 1 aromatic carbocycles. The van der Waals surface area contributed by atoms with Crippen LogP contribution in [0.4, 0.5) is 4.39 Å². The second-order valence-corrected chi connectivity index (χ2v) is 9.22. The third-order valence-electron chi connectivity index (χ3n) is 5.07. The molecule has 28 heavy (non-hydrogen) atoms. The van der Waals surface area contributed by atoms with E-state index in [1.54, 1.807) is 16.8 Å². The summed E-state index contributed by atoms with van der Waals surface area (Å²) in [5.74, 6) is -0.481. The maximum Gasteiger partial charge on any atom is 0.224 e. The summed E-state index contributed by atoms with van der Waals surface area (Å²) in [7, 11) is -3.26. The summed E-state index contributed by atoms with van der Waals surface area (Å²) in [4.78, 5) is 12.6. The normalized spacial score (nSPS) is 18.2. The van der Waals surface area contributed by atoms with Crippen molar-refractivity contribution in [2.75, 3.05) is 19.3 Å². The summed E-state index contributed by atoms with van der Waals surface area (Å²) >= 11 is 0. The van der Waals surface area contributed by atoms with Gasteiger partial charge in [-0.1, -0.05) is 0 Å². The number of benzene rings is 1. The van der Waals surface area contributed by atoms with Crippen LogP contribution in [0.15, 0.2) is 24.3 Å². The number of hydrogen-bond donors (Lipinski definition) is 1. The first-order chi connectivity index (χ1) is 13.1. The van der Waals surface area contributed by atoms with E-state index in [-0.39, 0.29) is 24.2 Å². The van der Waals surface area contributed by atoms with E-state index in [2.05, 4.69) is 10.4 Å². The van der Waals surface area contributed by atoms with Gasteiger partial charge in [-0.2, -0.15) is 5.10 Å². The number of nitrogens with zero attached hydrogens (tertiary/aromatic N) is 3. The maximum absolute atomic E-state index is 13.2. The van der Waals surface area contributed by atoms with Crippen LogP contribution >= 0.6 is 0 Å². The first-order valence-electron chi connectivity index (χ1n) is 9.20. The largest absolute Gasteiger partial charge is 0.352 e. The fourth-order valence-electron chi connectivity index (χ4n) is 3.57. The minimum absolute atomic E-state index is 0.161. The molecule has 1 saturated heterocycles. The Morgan fingerprint density at radius 1 is 1.29 bits per heavy atom. The topological polar surface area (TPSA) is 84.3 Å². The standard InChI is InChI=1S/C19H25FN4O3S/c1-13-18(14(2)24(22-13)17-8-6-15(20)7-9-17)11-19(25)21-16-5-4-10-23(12-16)28(3,26)27/h6-9,16H,4-5,10-12H2,1-3H3,(H,21,25). The lowest BCUT2D eigenvalue weighted by Gasteiger charge is -2.31. The van der Waals surface area contributed by atoms with Gasteiger partial charge < -0.3 is 5.32 Å². The first-order valence-corrected chi connectivity index (χ1v) is 11.1. The summed E-state index contributed by atoms with van der Waals surface area (Å²) in [6, 6.07) is 5.83. The van der Waals surface area contributed by atoms with Crippen LogP contribution in [0.2, 0.25) is 0 Å². The fourth-order valence-corrected chi connectivity index (χ4v) is 4.48. The SMILES string of the molecule is Cc1nn(-c2ccc(F)cc2)c(C)c1CC(=O)NC1CCCN(S(C)(=O)=O)C1. The zero-order valence-corrected chi connectivity index (χ0v) is 17.1.